The van der Waals surface area contributed by atoms with Gasteiger partial charge in [-0.1, -0.05) is 11.6 Å². The van der Waals surface area contributed by atoms with Crippen molar-refractivity contribution in [2.75, 3.05) is 6.54 Å². The number of aromatic hydroxyl groups is 1. The minimum Gasteiger partial charge on any atom is -0.506 e. The summed E-state index contributed by atoms with van der Waals surface area (Å²) in [5.41, 5.74) is 0.513. The maximum atomic E-state index is 11.9. The van der Waals surface area contributed by atoms with Gasteiger partial charge < -0.3 is 10.4 Å². The van der Waals surface area contributed by atoms with Crippen molar-refractivity contribution in [2.24, 2.45) is 0 Å². The summed E-state index contributed by atoms with van der Waals surface area (Å²) in [4.78, 5) is 24.5. The number of carbonyl (C=O) groups is 2. The van der Waals surface area contributed by atoms with E-state index in [9.17, 15) is 14.7 Å². The first-order valence-electron chi connectivity index (χ1n) is 5.46. The molecule has 1 heterocycles. The molecular formula is C12H10ClIN2O3. The first-order valence-corrected chi connectivity index (χ1v) is 6.92. The van der Waals surface area contributed by atoms with Gasteiger partial charge in [0.1, 0.15) is 11.4 Å². The highest BCUT2D eigenvalue weighted by Gasteiger charge is 2.32. The number of hydrogen-bond donors (Lipinski definition) is 2. The van der Waals surface area contributed by atoms with Crippen molar-refractivity contribution in [3.8, 4) is 5.75 Å². The smallest absolute Gasteiger partial charge is 0.328 e. The quantitative estimate of drug-likeness (QED) is 0.462. The Kier molecular flexibility index (Phi) is 4.00. The van der Waals surface area contributed by atoms with Crippen molar-refractivity contribution in [2.45, 2.75) is 6.92 Å². The van der Waals surface area contributed by atoms with Gasteiger partial charge in [0.05, 0.1) is 3.57 Å². The molecular weight excluding hydrogens is 383 g/mol. The number of halogens is 2. The van der Waals surface area contributed by atoms with Crippen LogP contribution in [0.2, 0.25) is 5.02 Å². The fourth-order valence-corrected chi connectivity index (χ4v) is 2.77. The summed E-state index contributed by atoms with van der Waals surface area (Å²) in [5.74, 6) is -0.392. The molecule has 0 unspecified atom stereocenters. The van der Waals surface area contributed by atoms with Gasteiger partial charge >= 0.3 is 6.03 Å². The third kappa shape index (κ3) is 2.69. The van der Waals surface area contributed by atoms with Crippen LogP contribution in [0.1, 0.15) is 12.5 Å². The van der Waals surface area contributed by atoms with E-state index in [1.165, 1.54) is 12.1 Å². The van der Waals surface area contributed by atoms with Crippen LogP contribution < -0.4 is 5.32 Å². The molecule has 100 valence electrons. The molecule has 19 heavy (non-hydrogen) atoms. The van der Waals surface area contributed by atoms with E-state index < -0.39 is 11.9 Å². The van der Waals surface area contributed by atoms with Gasteiger partial charge in [-0.3, -0.25) is 9.69 Å². The molecule has 1 fully saturated rings. The van der Waals surface area contributed by atoms with E-state index in [4.69, 9.17) is 11.6 Å². The van der Waals surface area contributed by atoms with E-state index in [1.54, 1.807) is 13.0 Å². The number of amides is 3. The van der Waals surface area contributed by atoms with Crippen molar-refractivity contribution < 1.29 is 14.7 Å². The molecule has 7 heteroatoms. The molecule has 3 amide bonds. The zero-order valence-corrected chi connectivity index (χ0v) is 12.8. The molecule has 0 bridgehead atoms. The summed E-state index contributed by atoms with van der Waals surface area (Å²) in [7, 11) is 0. The minimum atomic E-state index is -0.463. The van der Waals surface area contributed by atoms with Gasteiger partial charge in [0.25, 0.3) is 5.91 Å². The van der Waals surface area contributed by atoms with E-state index >= 15 is 0 Å². The first-order chi connectivity index (χ1) is 8.93. The highest BCUT2D eigenvalue weighted by Crippen LogP contribution is 2.30. The van der Waals surface area contributed by atoms with Crippen LogP contribution in [0.15, 0.2) is 17.8 Å². The molecule has 0 spiro atoms. The number of likely N-dealkylation sites (N-methyl/N-ethyl adjacent to an activating group) is 1. The predicted molar refractivity (Wildman–Crippen MR) is 79.7 cm³/mol. The average Bonchev–Trinajstić information content (AvgIpc) is 2.60. The summed E-state index contributed by atoms with van der Waals surface area (Å²) >= 11 is 7.84. The molecule has 2 rings (SSSR count). The molecule has 0 aromatic heterocycles. The lowest BCUT2D eigenvalue weighted by atomic mass is 10.1. The Morgan fingerprint density at radius 2 is 2.16 bits per heavy atom. The van der Waals surface area contributed by atoms with Gasteiger partial charge in [0.15, 0.2) is 0 Å². The maximum Gasteiger partial charge on any atom is 0.328 e. The Bertz CT molecular complexity index is 601. The lowest BCUT2D eigenvalue weighted by molar-refractivity contribution is -0.122. The van der Waals surface area contributed by atoms with Gasteiger partial charge in [-0.05, 0) is 47.7 Å². The number of carbonyl (C=O) groups excluding carboxylic acids is 2. The van der Waals surface area contributed by atoms with Gasteiger partial charge in [-0.25, -0.2) is 4.79 Å². The number of phenols is 1. The van der Waals surface area contributed by atoms with E-state index in [0.29, 0.717) is 20.7 Å². The lowest BCUT2D eigenvalue weighted by Crippen LogP contribution is -2.30. The van der Waals surface area contributed by atoms with Crippen LogP contribution in [-0.2, 0) is 4.79 Å². The van der Waals surface area contributed by atoms with Crippen LogP contribution in [0, 0.1) is 3.57 Å². The van der Waals surface area contributed by atoms with E-state index in [2.05, 4.69) is 5.32 Å². The summed E-state index contributed by atoms with van der Waals surface area (Å²) in [5, 5.41) is 12.8. The molecule has 0 saturated carbocycles. The SMILES string of the molecule is CCN1C(=O)N/C(=C\c2cc(Cl)cc(I)c2O)C1=O. The lowest BCUT2D eigenvalue weighted by Gasteiger charge is -2.06. The second-order valence-corrected chi connectivity index (χ2v) is 5.46. The van der Waals surface area contributed by atoms with Gasteiger partial charge in [0, 0.05) is 17.1 Å². The van der Waals surface area contributed by atoms with Crippen LogP contribution in [0.3, 0.4) is 0 Å². The highest BCUT2D eigenvalue weighted by molar-refractivity contribution is 14.1. The second kappa shape index (κ2) is 5.38. The Labute approximate surface area is 128 Å². The van der Waals surface area contributed by atoms with Crippen molar-refractivity contribution in [1.29, 1.82) is 0 Å². The van der Waals surface area contributed by atoms with E-state index in [1.807, 2.05) is 22.6 Å². The van der Waals surface area contributed by atoms with Crippen LogP contribution in [0.5, 0.6) is 5.75 Å². The van der Waals surface area contributed by atoms with Crippen LogP contribution in [0.4, 0.5) is 4.79 Å². The van der Waals surface area contributed by atoms with Crippen molar-refractivity contribution in [3.05, 3.63) is 32.0 Å². The fourth-order valence-electron chi connectivity index (χ4n) is 1.71. The third-order valence-electron chi connectivity index (χ3n) is 2.64. The van der Waals surface area contributed by atoms with Gasteiger partial charge in [-0.2, -0.15) is 0 Å². The van der Waals surface area contributed by atoms with Gasteiger partial charge in [0.2, 0.25) is 0 Å². The second-order valence-electron chi connectivity index (χ2n) is 3.86. The maximum absolute atomic E-state index is 11.9. The number of phenolic OH excluding ortho intramolecular Hbond substituents is 1. The molecule has 0 radical (unpaired) electrons. The van der Waals surface area contributed by atoms with Crippen LogP contribution >= 0.6 is 34.2 Å². The molecule has 0 atom stereocenters. The largest absolute Gasteiger partial charge is 0.506 e. The zero-order chi connectivity index (χ0) is 14.2. The summed E-state index contributed by atoms with van der Waals surface area (Å²) in [6, 6.07) is 2.67. The molecule has 5 nitrogen and oxygen atoms in total. The molecule has 1 aliphatic heterocycles. The Hall–Kier alpha value is -1.28. The number of rotatable bonds is 2. The zero-order valence-electron chi connectivity index (χ0n) is 9.91. The number of benzene rings is 1. The molecule has 0 aliphatic carbocycles. The standard InChI is InChI=1S/C12H10ClIN2O3/c1-2-16-11(18)9(15-12(16)19)4-6-3-7(13)5-8(14)10(6)17/h3-5,17H,2H2,1H3,(H,15,19)/b9-4-. The third-order valence-corrected chi connectivity index (χ3v) is 3.68. The summed E-state index contributed by atoms with van der Waals surface area (Å²) < 4.78 is 0.570. The van der Waals surface area contributed by atoms with Crippen LogP contribution in [0.25, 0.3) is 6.08 Å². The fraction of sp³-hybridized carbons (Fsp3) is 0.167. The van der Waals surface area contributed by atoms with Crippen molar-refractivity contribution in [1.82, 2.24) is 10.2 Å². The number of nitrogens with one attached hydrogen (secondary N) is 1. The monoisotopic (exact) mass is 392 g/mol. The normalized spacial score (nSPS) is 17.2. The predicted octanol–water partition coefficient (Wildman–Crippen LogP) is 2.56. The Morgan fingerprint density at radius 1 is 1.47 bits per heavy atom. The molecule has 1 aromatic rings. The van der Waals surface area contributed by atoms with E-state index in [-0.39, 0.29) is 11.4 Å². The first kappa shape index (κ1) is 14.1. The minimum absolute atomic E-state index is 0.0227. The van der Waals surface area contributed by atoms with Crippen molar-refractivity contribution in [3.63, 3.8) is 0 Å². The topological polar surface area (TPSA) is 69.6 Å². The van der Waals surface area contributed by atoms with E-state index in [0.717, 1.165) is 4.90 Å². The molecule has 2 N–H and O–H groups in total. The average molecular weight is 393 g/mol. The molecule has 1 aromatic carbocycles. The molecule has 1 aliphatic rings. The van der Waals surface area contributed by atoms with Gasteiger partial charge in [-0.15, -0.1) is 0 Å². The Balaban J connectivity index is 2.43. The molecule has 1 saturated heterocycles. The summed E-state index contributed by atoms with van der Waals surface area (Å²) in [6.45, 7) is 2.00. The Morgan fingerprint density at radius 3 is 2.74 bits per heavy atom. The van der Waals surface area contributed by atoms with Crippen LogP contribution in [-0.4, -0.2) is 28.5 Å². The number of nitrogens with zero attached hydrogens (tertiary/aromatic N) is 1. The van der Waals surface area contributed by atoms with Crippen molar-refractivity contribution >= 4 is 52.2 Å². The highest BCUT2D eigenvalue weighted by atomic mass is 127. The number of imide groups is 1. The number of urea groups is 1. The summed E-state index contributed by atoms with van der Waals surface area (Å²) in [6.07, 6.45) is 1.42. The number of hydrogen-bond acceptors (Lipinski definition) is 3.